The number of amides is 1. The predicted molar refractivity (Wildman–Crippen MR) is 87.3 cm³/mol. The SMILES string of the molecule is CCNC(=O)[C@@H](C)OC(=O)c1c2c(nc3ccccc13)CCC2. The Morgan fingerprint density at radius 3 is 2.87 bits per heavy atom. The van der Waals surface area contributed by atoms with E-state index >= 15 is 0 Å². The zero-order valence-electron chi connectivity index (χ0n) is 13.4. The van der Waals surface area contributed by atoms with Gasteiger partial charge in [0, 0.05) is 17.6 Å². The van der Waals surface area contributed by atoms with Crippen LogP contribution < -0.4 is 5.32 Å². The molecule has 0 unspecified atom stereocenters. The second kappa shape index (κ2) is 6.36. The van der Waals surface area contributed by atoms with E-state index in [0.29, 0.717) is 12.1 Å². The second-order valence-electron chi connectivity index (χ2n) is 5.72. The number of hydrogen-bond donors (Lipinski definition) is 1. The number of ether oxygens (including phenoxy) is 1. The van der Waals surface area contributed by atoms with Gasteiger partial charge >= 0.3 is 5.97 Å². The number of aryl methyl sites for hydroxylation is 1. The number of hydrogen-bond acceptors (Lipinski definition) is 4. The third-order valence-corrected chi connectivity index (χ3v) is 4.13. The van der Waals surface area contributed by atoms with Crippen molar-refractivity contribution in [2.45, 2.75) is 39.2 Å². The average molecular weight is 312 g/mol. The van der Waals surface area contributed by atoms with Crippen LogP contribution in [0.25, 0.3) is 10.9 Å². The molecule has 120 valence electrons. The molecule has 1 aromatic heterocycles. The molecule has 0 saturated carbocycles. The molecule has 1 N–H and O–H groups in total. The van der Waals surface area contributed by atoms with Crippen molar-refractivity contribution in [2.24, 2.45) is 0 Å². The number of aromatic nitrogens is 1. The van der Waals surface area contributed by atoms with E-state index in [1.807, 2.05) is 31.2 Å². The molecule has 23 heavy (non-hydrogen) atoms. The third kappa shape index (κ3) is 2.91. The third-order valence-electron chi connectivity index (χ3n) is 4.13. The van der Waals surface area contributed by atoms with Crippen LogP contribution in [0.4, 0.5) is 0 Å². The number of likely N-dealkylation sites (N-methyl/N-ethyl adjacent to an activating group) is 1. The van der Waals surface area contributed by atoms with Crippen LogP contribution in [0.3, 0.4) is 0 Å². The summed E-state index contributed by atoms with van der Waals surface area (Å²) in [6, 6.07) is 7.57. The molecule has 3 rings (SSSR count). The Kier molecular flexibility index (Phi) is 4.28. The largest absolute Gasteiger partial charge is 0.449 e. The molecule has 0 aliphatic heterocycles. The van der Waals surface area contributed by atoms with E-state index in [0.717, 1.165) is 41.4 Å². The number of rotatable bonds is 4. The lowest BCUT2D eigenvalue weighted by molar-refractivity contribution is -0.128. The fourth-order valence-electron chi connectivity index (χ4n) is 3.04. The Labute approximate surface area is 135 Å². The van der Waals surface area contributed by atoms with Crippen molar-refractivity contribution in [2.75, 3.05) is 6.54 Å². The zero-order valence-corrected chi connectivity index (χ0v) is 13.4. The van der Waals surface area contributed by atoms with Crippen molar-refractivity contribution in [3.63, 3.8) is 0 Å². The summed E-state index contributed by atoms with van der Waals surface area (Å²) in [5, 5.41) is 3.46. The molecule has 5 nitrogen and oxygen atoms in total. The molecule has 1 aromatic carbocycles. The van der Waals surface area contributed by atoms with E-state index in [9.17, 15) is 9.59 Å². The van der Waals surface area contributed by atoms with Crippen LogP contribution in [0, 0.1) is 0 Å². The number of fused-ring (bicyclic) bond motifs is 2. The molecule has 1 heterocycles. The number of benzene rings is 1. The maximum atomic E-state index is 12.7. The monoisotopic (exact) mass is 312 g/mol. The highest BCUT2D eigenvalue weighted by Crippen LogP contribution is 2.30. The summed E-state index contributed by atoms with van der Waals surface area (Å²) in [6.45, 7) is 3.93. The Morgan fingerprint density at radius 2 is 2.09 bits per heavy atom. The van der Waals surface area contributed by atoms with E-state index in [1.165, 1.54) is 0 Å². The van der Waals surface area contributed by atoms with Crippen LogP contribution in [0.2, 0.25) is 0 Å². The van der Waals surface area contributed by atoms with E-state index < -0.39 is 12.1 Å². The van der Waals surface area contributed by atoms with Crippen molar-refractivity contribution >= 4 is 22.8 Å². The van der Waals surface area contributed by atoms with Gasteiger partial charge in [-0.25, -0.2) is 4.79 Å². The Bertz CT molecular complexity index is 770. The van der Waals surface area contributed by atoms with Crippen LogP contribution in [0.1, 0.15) is 41.9 Å². The first kappa shape index (κ1) is 15.5. The van der Waals surface area contributed by atoms with Gasteiger partial charge in [-0.3, -0.25) is 9.78 Å². The van der Waals surface area contributed by atoms with Gasteiger partial charge < -0.3 is 10.1 Å². The van der Waals surface area contributed by atoms with Gasteiger partial charge in [0.25, 0.3) is 5.91 Å². The number of pyridine rings is 1. The molecule has 0 bridgehead atoms. The van der Waals surface area contributed by atoms with Crippen molar-refractivity contribution in [3.8, 4) is 0 Å². The van der Waals surface area contributed by atoms with Crippen LogP contribution >= 0.6 is 0 Å². The zero-order chi connectivity index (χ0) is 16.4. The number of esters is 1. The number of carbonyl (C=O) groups is 2. The minimum absolute atomic E-state index is 0.282. The van der Waals surface area contributed by atoms with Gasteiger partial charge in [0.15, 0.2) is 6.10 Å². The van der Waals surface area contributed by atoms with Crippen LogP contribution in [0.5, 0.6) is 0 Å². The molecule has 1 amide bonds. The maximum Gasteiger partial charge on any atom is 0.339 e. The predicted octanol–water partition coefficient (Wildman–Crippen LogP) is 2.40. The molecule has 1 aliphatic carbocycles. The summed E-state index contributed by atoms with van der Waals surface area (Å²) < 4.78 is 5.41. The normalized spacial score (nSPS) is 14.3. The number of carbonyl (C=O) groups excluding carboxylic acids is 2. The molecule has 0 radical (unpaired) electrons. The Hall–Kier alpha value is -2.43. The highest BCUT2D eigenvalue weighted by Gasteiger charge is 2.27. The number of nitrogens with zero attached hydrogens (tertiary/aromatic N) is 1. The van der Waals surface area contributed by atoms with E-state index in [-0.39, 0.29) is 5.91 Å². The number of para-hydroxylation sites is 1. The average Bonchev–Trinajstić information content (AvgIpc) is 3.00. The molecule has 0 saturated heterocycles. The number of nitrogens with one attached hydrogen (secondary N) is 1. The van der Waals surface area contributed by atoms with Gasteiger partial charge in [0.1, 0.15) is 0 Å². The van der Waals surface area contributed by atoms with Gasteiger partial charge in [0.2, 0.25) is 0 Å². The van der Waals surface area contributed by atoms with Crippen LogP contribution in [-0.4, -0.2) is 29.5 Å². The van der Waals surface area contributed by atoms with Crippen molar-refractivity contribution < 1.29 is 14.3 Å². The highest BCUT2D eigenvalue weighted by atomic mass is 16.5. The lowest BCUT2D eigenvalue weighted by Crippen LogP contribution is -2.35. The highest BCUT2D eigenvalue weighted by molar-refractivity contribution is 6.05. The fourth-order valence-corrected chi connectivity index (χ4v) is 3.04. The van der Waals surface area contributed by atoms with Gasteiger partial charge in [-0.05, 0) is 44.7 Å². The van der Waals surface area contributed by atoms with Crippen molar-refractivity contribution in [1.82, 2.24) is 10.3 Å². The molecule has 0 spiro atoms. The molecule has 0 fully saturated rings. The molecular weight excluding hydrogens is 292 g/mol. The smallest absolute Gasteiger partial charge is 0.339 e. The minimum Gasteiger partial charge on any atom is -0.449 e. The molecule has 5 heteroatoms. The first-order chi connectivity index (χ1) is 11.1. The molecule has 1 aliphatic rings. The van der Waals surface area contributed by atoms with Crippen molar-refractivity contribution in [3.05, 3.63) is 41.1 Å². The molecular formula is C18H20N2O3. The molecule has 1 atom stereocenters. The lowest BCUT2D eigenvalue weighted by Gasteiger charge is -2.16. The summed E-state index contributed by atoms with van der Waals surface area (Å²) in [6.07, 6.45) is 1.89. The lowest BCUT2D eigenvalue weighted by atomic mass is 10.0. The Balaban J connectivity index is 1.98. The molecule has 2 aromatic rings. The maximum absolute atomic E-state index is 12.7. The second-order valence-corrected chi connectivity index (χ2v) is 5.72. The first-order valence-electron chi connectivity index (χ1n) is 8.01. The standard InChI is InChI=1S/C18H20N2O3/c1-3-19-17(21)11(2)23-18(22)16-12-7-4-5-9-14(12)20-15-10-6-8-13(15)16/h4-5,7,9,11H,3,6,8,10H2,1-2H3,(H,19,21)/t11-/m1/s1. The summed E-state index contributed by atoms with van der Waals surface area (Å²) in [5.41, 5.74) is 3.31. The topological polar surface area (TPSA) is 68.3 Å². The van der Waals surface area contributed by atoms with Gasteiger partial charge in [-0.2, -0.15) is 0 Å². The summed E-state index contributed by atoms with van der Waals surface area (Å²) in [5.74, 6) is -0.726. The fraction of sp³-hybridized carbons (Fsp3) is 0.389. The van der Waals surface area contributed by atoms with Gasteiger partial charge in [0.05, 0.1) is 11.1 Å². The summed E-state index contributed by atoms with van der Waals surface area (Å²) in [7, 11) is 0. The Morgan fingerprint density at radius 1 is 1.30 bits per heavy atom. The van der Waals surface area contributed by atoms with Gasteiger partial charge in [-0.15, -0.1) is 0 Å². The van der Waals surface area contributed by atoms with E-state index in [1.54, 1.807) is 6.92 Å². The van der Waals surface area contributed by atoms with E-state index in [4.69, 9.17) is 4.74 Å². The first-order valence-corrected chi connectivity index (χ1v) is 8.01. The van der Waals surface area contributed by atoms with Crippen LogP contribution in [0.15, 0.2) is 24.3 Å². The van der Waals surface area contributed by atoms with Gasteiger partial charge in [-0.1, -0.05) is 18.2 Å². The van der Waals surface area contributed by atoms with E-state index in [2.05, 4.69) is 10.3 Å². The summed E-state index contributed by atoms with van der Waals surface area (Å²) >= 11 is 0. The minimum atomic E-state index is -0.813. The van der Waals surface area contributed by atoms with Crippen molar-refractivity contribution in [1.29, 1.82) is 0 Å². The quantitative estimate of drug-likeness (QED) is 0.880. The summed E-state index contributed by atoms with van der Waals surface area (Å²) in [4.78, 5) is 29.2. The van der Waals surface area contributed by atoms with Crippen LogP contribution in [-0.2, 0) is 22.4 Å².